The van der Waals surface area contributed by atoms with Crippen molar-refractivity contribution in [2.45, 2.75) is 19.9 Å². The van der Waals surface area contributed by atoms with Crippen molar-refractivity contribution >= 4 is 34.5 Å². The lowest BCUT2D eigenvalue weighted by atomic mass is 9.97. The van der Waals surface area contributed by atoms with Gasteiger partial charge in [-0.3, -0.25) is 14.5 Å². The number of hydrogen-bond acceptors (Lipinski definition) is 5. The molecular formula is C24H21NO4S. The molecule has 1 unspecified atom stereocenters. The standard InChI is InChI=1S/C24H21NO4S/c1-14-6-4-7-16(12-14)25-21(19-8-5-11-30-19)20(23(27)24(25)28)22(26)18-10-9-17(29-3)13-15(18)2/h4-13,21,26H,1-3H3/b22-20-. The summed E-state index contributed by atoms with van der Waals surface area (Å²) in [5.74, 6) is -0.865. The van der Waals surface area contributed by atoms with Gasteiger partial charge in [0.25, 0.3) is 11.7 Å². The van der Waals surface area contributed by atoms with Crippen LogP contribution in [0.2, 0.25) is 0 Å². The highest BCUT2D eigenvalue weighted by Crippen LogP contribution is 2.44. The van der Waals surface area contributed by atoms with Crippen molar-refractivity contribution in [2.75, 3.05) is 12.0 Å². The second-order valence-corrected chi connectivity index (χ2v) is 8.18. The summed E-state index contributed by atoms with van der Waals surface area (Å²) in [4.78, 5) is 28.5. The third-order valence-corrected chi connectivity index (χ3v) is 6.15. The third-order valence-electron chi connectivity index (χ3n) is 5.23. The fourth-order valence-electron chi connectivity index (χ4n) is 3.77. The minimum atomic E-state index is -0.692. The normalized spacial score (nSPS) is 18.1. The van der Waals surface area contributed by atoms with Crippen LogP contribution in [0.25, 0.3) is 5.76 Å². The van der Waals surface area contributed by atoms with Crippen LogP contribution in [0.15, 0.2) is 65.6 Å². The summed E-state index contributed by atoms with van der Waals surface area (Å²) in [7, 11) is 1.57. The van der Waals surface area contributed by atoms with Crippen molar-refractivity contribution in [1.29, 1.82) is 0 Å². The van der Waals surface area contributed by atoms with E-state index in [2.05, 4.69) is 0 Å². The van der Waals surface area contributed by atoms with Gasteiger partial charge in [-0.2, -0.15) is 0 Å². The average molecular weight is 420 g/mol. The molecule has 0 bridgehead atoms. The van der Waals surface area contributed by atoms with Crippen molar-refractivity contribution < 1.29 is 19.4 Å². The number of carbonyl (C=O) groups is 2. The van der Waals surface area contributed by atoms with Gasteiger partial charge >= 0.3 is 0 Å². The SMILES string of the molecule is COc1ccc(/C(O)=C2/C(=O)C(=O)N(c3cccc(C)c3)C2c2cccs2)c(C)c1. The third kappa shape index (κ3) is 3.29. The van der Waals surface area contributed by atoms with Crippen LogP contribution in [-0.4, -0.2) is 23.9 Å². The van der Waals surface area contributed by atoms with Crippen molar-refractivity contribution in [3.05, 3.63) is 87.1 Å². The van der Waals surface area contributed by atoms with Crippen molar-refractivity contribution in [2.24, 2.45) is 0 Å². The van der Waals surface area contributed by atoms with E-state index in [1.165, 1.54) is 16.2 Å². The fourth-order valence-corrected chi connectivity index (χ4v) is 4.59. The number of aliphatic hydroxyl groups excluding tert-OH is 1. The van der Waals surface area contributed by atoms with E-state index in [1.807, 2.05) is 49.6 Å². The molecule has 1 saturated heterocycles. The number of rotatable bonds is 4. The number of Topliss-reactive ketones (excluding diaryl/α,β-unsaturated/α-hetero) is 1. The Bertz CT molecular complexity index is 1160. The number of nitrogens with zero attached hydrogens (tertiary/aromatic N) is 1. The van der Waals surface area contributed by atoms with E-state index in [9.17, 15) is 14.7 Å². The maximum absolute atomic E-state index is 13.1. The molecule has 1 atom stereocenters. The molecule has 1 aliphatic rings. The summed E-state index contributed by atoms with van der Waals surface area (Å²) in [6.45, 7) is 3.76. The number of ether oxygens (including phenoxy) is 1. The van der Waals surface area contributed by atoms with E-state index in [0.717, 1.165) is 16.0 Å². The molecule has 0 aliphatic carbocycles. The smallest absolute Gasteiger partial charge is 0.300 e. The molecule has 1 N–H and O–H groups in total. The van der Waals surface area contributed by atoms with E-state index in [4.69, 9.17) is 4.74 Å². The summed E-state index contributed by atoms with van der Waals surface area (Å²) < 4.78 is 5.23. The highest BCUT2D eigenvalue weighted by molar-refractivity contribution is 7.10. The summed E-state index contributed by atoms with van der Waals surface area (Å²) in [5.41, 5.74) is 2.95. The lowest BCUT2D eigenvalue weighted by Gasteiger charge is -2.24. The number of aliphatic hydroxyl groups is 1. The van der Waals surface area contributed by atoms with Crippen molar-refractivity contribution in [3.8, 4) is 5.75 Å². The van der Waals surface area contributed by atoms with Gasteiger partial charge in [0.1, 0.15) is 17.6 Å². The highest BCUT2D eigenvalue weighted by atomic mass is 32.1. The Kier molecular flexibility index (Phi) is 5.18. The molecular weight excluding hydrogens is 398 g/mol. The topological polar surface area (TPSA) is 66.8 Å². The first-order chi connectivity index (χ1) is 14.4. The molecule has 4 rings (SSSR count). The Morgan fingerprint density at radius 1 is 1.07 bits per heavy atom. The van der Waals surface area contributed by atoms with Crippen LogP contribution in [0.1, 0.15) is 27.6 Å². The Morgan fingerprint density at radius 3 is 2.50 bits per heavy atom. The number of aryl methyl sites for hydroxylation is 2. The van der Waals surface area contributed by atoms with Gasteiger partial charge in [0.15, 0.2) is 0 Å². The Balaban J connectivity index is 1.93. The van der Waals surface area contributed by atoms with Crippen LogP contribution in [-0.2, 0) is 9.59 Å². The zero-order valence-electron chi connectivity index (χ0n) is 16.9. The minimum Gasteiger partial charge on any atom is -0.507 e. The van der Waals surface area contributed by atoms with Crippen LogP contribution in [0.4, 0.5) is 5.69 Å². The number of carbonyl (C=O) groups excluding carboxylic acids is 2. The minimum absolute atomic E-state index is 0.0947. The Morgan fingerprint density at radius 2 is 1.87 bits per heavy atom. The van der Waals surface area contributed by atoms with Crippen LogP contribution in [0, 0.1) is 13.8 Å². The Labute approximate surface area is 178 Å². The van der Waals surface area contributed by atoms with Gasteiger partial charge in [-0.15, -0.1) is 11.3 Å². The number of benzene rings is 2. The average Bonchev–Trinajstić information content (AvgIpc) is 3.34. The molecule has 3 aromatic rings. The predicted molar refractivity (Wildman–Crippen MR) is 118 cm³/mol. The molecule has 0 saturated carbocycles. The van der Waals surface area contributed by atoms with Gasteiger partial charge < -0.3 is 9.84 Å². The molecule has 6 heteroatoms. The zero-order valence-corrected chi connectivity index (χ0v) is 17.7. The van der Waals surface area contributed by atoms with Gasteiger partial charge in [0.05, 0.1) is 12.7 Å². The monoisotopic (exact) mass is 419 g/mol. The number of amides is 1. The second kappa shape index (κ2) is 7.80. The number of ketones is 1. The van der Waals surface area contributed by atoms with Gasteiger partial charge in [-0.25, -0.2) is 0 Å². The summed E-state index contributed by atoms with van der Waals surface area (Å²) in [6, 6.07) is 15.7. The van der Waals surface area contributed by atoms with E-state index in [0.29, 0.717) is 17.0 Å². The van der Waals surface area contributed by atoms with Crippen molar-refractivity contribution in [3.63, 3.8) is 0 Å². The van der Waals surface area contributed by atoms with Gasteiger partial charge in [0.2, 0.25) is 0 Å². The van der Waals surface area contributed by atoms with E-state index in [1.54, 1.807) is 31.4 Å². The molecule has 5 nitrogen and oxygen atoms in total. The number of methoxy groups -OCH3 is 1. The van der Waals surface area contributed by atoms with Gasteiger partial charge in [-0.1, -0.05) is 18.2 Å². The van der Waals surface area contributed by atoms with Gasteiger partial charge in [0, 0.05) is 16.1 Å². The van der Waals surface area contributed by atoms with Crippen LogP contribution < -0.4 is 9.64 Å². The molecule has 1 amide bonds. The molecule has 0 radical (unpaired) electrons. The van der Waals surface area contributed by atoms with Crippen molar-refractivity contribution in [1.82, 2.24) is 0 Å². The van der Waals surface area contributed by atoms with Crippen LogP contribution in [0.3, 0.4) is 0 Å². The van der Waals surface area contributed by atoms with E-state index < -0.39 is 17.7 Å². The quantitative estimate of drug-likeness (QED) is 0.367. The number of hydrogen-bond donors (Lipinski definition) is 1. The molecule has 152 valence electrons. The number of thiophene rings is 1. The molecule has 1 fully saturated rings. The highest BCUT2D eigenvalue weighted by Gasteiger charge is 2.47. The summed E-state index contributed by atoms with van der Waals surface area (Å²) in [6.07, 6.45) is 0. The largest absolute Gasteiger partial charge is 0.507 e. The summed E-state index contributed by atoms with van der Waals surface area (Å²) >= 11 is 1.44. The van der Waals surface area contributed by atoms with Crippen LogP contribution in [0.5, 0.6) is 5.75 Å². The van der Waals surface area contributed by atoms with E-state index >= 15 is 0 Å². The lowest BCUT2D eigenvalue weighted by Crippen LogP contribution is -2.29. The fraction of sp³-hybridized carbons (Fsp3) is 0.167. The Hall–Kier alpha value is -3.38. The molecule has 0 spiro atoms. The maximum atomic E-state index is 13.1. The maximum Gasteiger partial charge on any atom is 0.300 e. The van der Waals surface area contributed by atoms with Crippen LogP contribution >= 0.6 is 11.3 Å². The molecule has 1 aromatic heterocycles. The first-order valence-corrected chi connectivity index (χ1v) is 10.4. The van der Waals surface area contributed by atoms with Gasteiger partial charge in [-0.05, 0) is 66.8 Å². The predicted octanol–water partition coefficient (Wildman–Crippen LogP) is 5.00. The summed E-state index contributed by atoms with van der Waals surface area (Å²) in [5, 5.41) is 13.1. The lowest BCUT2D eigenvalue weighted by molar-refractivity contribution is -0.132. The second-order valence-electron chi connectivity index (χ2n) is 7.20. The first-order valence-electron chi connectivity index (χ1n) is 9.48. The first kappa shape index (κ1) is 19.9. The molecule has 2 heterocycles. The molecule has 1 aliphatic heterocycles. The molecule has 30 heavy (non-hydrogen) atoms. The zero-order chi connectivity index (χ0) is 21.4. The van der Waals surface area contributed by atoms with E-state index in [-0.39, 0.29) is 11.3 Å². The number of anilines is 1. The molecule has 2 aromatic carbocycles.